The lowest BCUT2D eigenvalue weighted by Gasteiger charge is -2.14. The molecule has 1 aliphatic carbocycles. The maximum atomic E-state index is 3.89. The lowest BCUT2D eigenvalue weighted by molar-refractivity contribution is 1.16. The molecule has 0 saturated carbocycles. The summed E-state index contributed by atoms with van der Waals surface area (Å²) >= 11 is 7.74. The van der Waals surface area contributed by atoms with E-state index in [0.29, 0.717) is 0 Å². The molecule has 144 valence electrons. The van der Waals surface area contributed by atoms with Crippen LogP contribution in [0.2, 0.25) is 0 Å². The number of benzene rings is 3. The topological polar surface area (TPSA) is 8.82 Å². The third kappa shape index (κ3) is 1.90. The lowest BCUT2D eigenvalue weighted by Crippen LogP contribution is -2.25. The molecule has 0 spiro atoms. The summed E-state index contributed by atoms with van der Waals surface area (Å²) < 4.78 is 7.25. The van der Waals surface area contributed by atoms with Gasteiger partial charge in [0.1, 0.15) is 0 Å². The van der Waals surface area contributed by atoms with Crippen LogP contribution in [0, 0.1) is 6.92 Å². The van der Waals surface area contributed by atoms with Gasteiger partial charge in [-0.25, -0.2) is 0 Å². The van der Waals surface area contributed by atoms with Crippen LogP contribution < -0.4 is 10.6 Å². The smallest absolute Gasteiger partial charge is 0.0797 e. The number of hydrogen-bond acceptors (Lipinski definition) is 0. The number of rotatable bonds is 0. The predicted octanol–water partition coefficient (Wildman–Crippen LogP) is 6.44. The van der Waals surface area contributed by atoms with Gasteiger partial charge in [-0.2, -0.15) is 0 Å². The number of halogens is 2. The number of fused-ring (bicyclic) bond motifs is 8. The summed E-state index contributed by atoms with van der Waals surface area (Å²) in [7, 11) is 0. The van der Waals surface area contributed by atoms with Gasteiger partial charge in [-0.05, 0) is 43.2 Å². The summed E-state index contributed by atoms with van der Waals surface area (Å²) in [6.07, 6.45) is 9.96. The third-order valence-corrected chi connectivity index (χ3v) is 7.77. The van der Waals surface area contributed by atoms with E-state index in [1.165, 1.54) is 59.9 Å². The maximum absolute atomic E-state index is 3.89. The van der Waals surface area contributed by atoms with E-state index >= 15 is 0 Å². The normalized spacial score (nSPS) is 14.1. The summed E-state index contributed by atoms with van der Waals surface area (Å²) in [6.45, 7) is 2.22. The van der Waals surface area contributed by atoms with Gasteiger partial charge >= 0.3 is 0 Å². The molecule has 3 heterocycles. The highest BCUT2D eigenvalue weighted by Gasteiger charge is 2.23. The Morgan fingerprint density at radius 2 is 1.70 bits per heavy atom. The summed E-state index contributed by atoms with van der Waals surface area (Å²) in [6, 6.07) is 15.5. The van der Waals surface area contributed by atoms with Crippen LogP contribution in [0.4, 0.5) is 0 Å². The molecule has 0 aliphatic heterocycles. The lowest BCUT2D eigenvalue weighted by atomic mass is 10.1. The largest absolute Gasteiger partial charge is 0.305 e. The van der Waals surface area contributed by atoms with Gasteiger partial charge in [-0.1, -0.05) is 74.4 Å². The molecule has 3 aromatic carbocycles. The summed E-state index contributed by atoms with van der Waals surface area (Å²) in [5, 5.41) is 6.42. The molecule has 30 heavy (non-hydrogen) atoms. The van der Waals surface area contributed by atoms with E-state index in [2.05, 4.69) is 114 Å². The van der Waals surface area contributed by atoms with Crippen LogP contribution in [0.3, 0.4) is 0 Å². The second kappa shape index (κ2) is 5.77. The zero-order chi connectivity index (χ0) is 20.1. The summed E-state index contributed by atoms with van der Waals surface area (Å²) in [5.74, 6) is 0. The van der Waals surface area contributed by atoms with E-state index < -0.39 is 0 Å². The van der Waals surface area contributed by atoms with Crippen LogP contribution >= 0.6 is 31.9 Å². The zero-order valence-electron chi connectivity index (χ0n) is 16.2. The Labute approximate surface area is 189 Å². The first-order valence-electron chi connectivity index (χ1n) is 10.1. The van der Waals surface area contributed by atoms with E-state index in [9.17, 15) is 0 Å². The minimum absolute atomic E-state index is 0.939. The minimum Gasteiger partial charge on any atom is -0.305 e. The molecule has 0 bridgehead atoms. The molecular weight excluding hydrogens is 500 g/mol. The quantitative estimate of drug-likeness (QED) is 0.206. The van der Waals surface area contributed by atoms with E-state index in [0.717, 1.165) is 15.4 Å². The average molecular weight is 516 g/mol. The molecule has 0 amide bonds. The van der Waals surface area contributed by atoms with Crippen molar-refractivity contribution in [3.63, 3.8) is 0 Å². The molecule has 7 rings (SSSR count). The van der Waals surface area contributed by atoms with Crippen LogP contribution in [0.1, 0.15) is 12.0 Å². The molecule has 6 aromatic rings. The Morgan fingerprint density at radius 1 is 0.833 bits per heavy atom. The predicted molar refractivity (Wildman–Crippen MR) is 134 cm³/mol. The number of nitrogens with zero attached hydrogens (tertiary/aromatic N) is 2. The van der Waals surface area contributed by atoms with Crippen LogP contribution in [0.5, 0.6) is 0 Å². The Hall–Kier alpha value is -2.56. The van der Waals surface area contributed by atoms with E-state index in [-0.39, 0.29) is 0 Å². The average Bonchev–Trinajstić information content (AvgIpc) is 3.14. The molecule has 0 N–H and O–H groups in total. The van der Waals surface area contributed by atoms with Crippen LogP contribution in [0.25, 0.3) is 55.9 Å². The molecule has 0 unspecified atom stereocenters. The molecule has 2 nitrogen and oxygen atoms in total. The monoisotopic (exact) mass is 514 g/mol. The van der Waals surface area contributed by atoms with Crippen molar-refractivity contribution < 1.29 is 0 Å². The van der Waals surface area contributed by atoms with Gasteiger partial charge in [0.2, 0.25) is 0 Å². The van der Waals surface area contributed by atoms with E-state index in [4.69, 9.17) is 0 Å². The third-order valence-electron chi connectivity index (χ3n) is 6.48. The van der Waals surface area contributed by atoms with Crippen molar-refractivity contribution >= 4 is 87.8 Å². The summed E-state index contributed by atoms with van der Waals surface area (Å²) in [4.78, 5) is 0. The summed E-state index contributed by atoms with van der Waals surface area (Å²) in [5.41, 5.74) is 7.60. The molecular formula is C26H16Br2N2. The number of aryl methyl sites for hydroxylation is 1. The van der Waals surface area contributed by atoms with E-state index in [1.54, 1.807) is 0 Å². The highest BCUT2D eigenvalue weighted by Crippen LogP contribution is 2.41. The number of para-hydroxylation sites is 1. The van der Waals surface area contributed by atoms with Crippen molar-refractivity contribution in [2.45, 2.75) is 13.3 Å². The maximum Gasteiger partial charge on any atom is 0.0797 e. The van der Waals surface area contributed by atoms with Crippen LogP contribution in [0.15, 0.2) is 63.6 Å². The Balaban J connectivity index is 2.01. The Bertz CT molecular complexity index is 1850. The Kier molecular flexibility index (Phi) is 3.30. The van der Waals surface area contributed by atoms with Gasteiger partial charge in [0.15, 0.2) is 0 Å². The molecule has 0 fully saturated rings. The molecule has 0 atom stereocenters. The fourth-order valence-corrected chi connectivity index (χ4v) is 6.65. The van der Waals surface area contributed by atoms with Crippen molar-refractivity contribution in [3.05, 3.63) is 79.7 Å². The van der Waals surface area contributed by atoms with Gasteiger partial charge in [0.05, 0.1) is 32.9 Å². The number of hydrogen-bond donors (Lipinski definition) is 0. The van der Waals surface area contributed by atoms with Crippen molar-refractivity contribution in [1.29, 1.82) is 0 Å². The fourth-order valence-electron chi connectivity index (χ4n) is 5.37. The minimum atomic E-state index is 0.939. The fraction of sp³-hybridized carbons (Fsp3) is 0.0769. The van der Waals surface area contributed by atoms with Crippen molar-refractivity contribution in [3.8, 4) is 0 Å². The number of allylic oxidation sites excluding steroid dienone is 2. The molecule has 1 aliphatic rings. The molecule has 3 aromatic heterocycles. The zero-order valence-corrected chi connectivity index (χ0v) is 19.4. The first-order valence-corrected chi connectivity index (χ1v) is 11.7. The van der Waals surface area contributed by atoms with Crippen LogP contribution in [-0.4, -0.2) is 8.80 Å². The van der Waals surface area contributed by atoms with Crippen molar-refractivity contribution in [1.82, 2.24) is 8.80 Å². The van der Waals surface area contributed by atoms with Gasteiger partial charge in [0.25, 0.3) is 0 Å². The van der Waals surface area contributed by atoms with Gasteiger partial charge in [-0.15, -0.1) is 0 Å². The van der Waals surface area contributed by atoms with E-state index in [1.807, 2.05) is 0 Å². The highest BCUT2D eigenvalue weighted by molar-refractivity contribution is 9.11. The van der Waals surface area contributed by atoms with Gasteiger partial charge in [-0.3, -0.25) is 0 Å². The molecule has 4 heteroatoms. The second-order valence-electron chi connectivity index (χ2n) is 8.06. The molecule has 0 radical (unpaired) electrons. The molecule has 0 saturated heterocycles. The van der Waals surface area contributed by atoms with Crippen molar-refractivity contribution in [2.75, 3.05) is 0 Å². The first kappa shape index (κ1) is 17.2. The van der Waals surface area contributed by atoms with Gasteiger partial charge < -0.3 is 8.80 Å². The number of aromatic nitrogens is 2. The SMILES string of the molecule is Cc1cc(Br)c2c3c(n4c5ccc(Br)c6c7ccccc7n(c1c24)c65)=CCC=CC=3. The highest BCUT2D eigenvalue weighted by atomic mass is 79.9. The Morgan fingerprint density at radius 3 is 2.60 bits per heavy atom. The second-order valence-corrected chi connectivity index (χ2v) is 9.77. The standard InChI is InChI=1S/C26H16Br2N2/c1-14-13-18(28)23-15-7-3-2-4-9-19(15)29-21-12-11-17(27)22-16-8-5-6-10-20(16)30(25(21)22)24(14)26(23)29/h2-3,5-13H,4H2,1H3. The first-order chi connectivity index (χ1) is 14.7. The van der Waals surface area contributed by atoms with Crippen LogP contribution in [-0.2, 0) is 0 Å². The van der Waals surface area contributed by atoms with Crippen molar-refractivity contribution in [2.24, 2.45) is 0 Å². The van der Waals surface area contributed by atoms with Gasteiger partial charge in [0, 0.05) is 30.3 Å².